The molecular formula is C15H19N7OS2. The second kappa shape index (κ2) is 7.44. The molecular weight excluding hydrogens is 358 g/mol. The molecule has 8 nitrogen and oxygen atoms in total. The molecule has 25 heavy (non-hydrogen) atoms. The summed E-state index contributed by atoms with van der Waals surface area (Å²) in [7, 11) is 0. The van der Waals surface area contributed by atoms with Crippen molar-refractivity contribution in [3.05, 3.63) is 22.0 Å². The zero-order chi connectivity index (χ0) is 18.0. The summed E-state index contributed by atoms with van der Waals surface area (Å²) in [6, 6.07) is 0. The van der Waals surface area contributed by atoms with Crippen LogP contribution < -0.4 is 5.32 Å². The van der Waals surface area contributed by atoms with Gasteiger partial charge >= 0.3 is 0 Å². The van der Waals surface area contributed by atoms with Gasteiger partial charge in [0.05, 0.1) is 0 Å². The van der Waals surface area contributed by atoms with E-state index in [1.165, 1.54) is 23.1 Å². The smallest absolute Gasteiger partial charge is 0.253 e. The van der Waals surface area contributed by atoms with E-state index < -0.39 is 0 Å². The van der Waals surface area contributed by atoms with E-state index in [9.17, 15) is 4.79 Å². The highest BCUT2D eigenvalue weighted by atomic mass is 32.2. The highest BCUT2D eigenvalue weighted by molar-refractivity contribution is 7.98. The molecule has 0 aliphatic rings. The molecule has 10 heteroatoms. The number of aryl methyl sites for hydroxylation is 3. The molecule has 1 N–H and O–H groups in total. The zero-order valence-corrected chi connectivity index (χ0v) is 16.2. The lowest BCUT2D eigenvalue weighted by molar-refractivity contribution is -0.116. The molecule has 0 fully saturated rings. The summed E-state index contributed by atoms with van der Waals surface area (Å²) >= 11 is 2.88. The minimum absolute atomic E-state index is 0.0823. The number of carbonyl (C=O) groups excluding carboxylic acids is 1. The number of amides is 1. The monoisotopic (exact) mass is 377 g/mol. The molecule has 0 aliphatic carbocycles. The summed E-state index contributed by atoms with van der Waals surface area (Å²) in [5.74, 6) is 0.509. The second-order valence-electron chi connectivity index (χ2n) is 5.47. The van der Waals surface area contributed by atoms with E-state index in [-0.39, 0.29) is 5.91 Å². The summed E-state index contributed by atoms with van der Waals surface area (Å²) in [6.45, 7) is 5.92. The number of nitrogens with zero attached hydrogens (tertiary/aromatic N) is 6. The zero-order valence-electron chi connectivity index (χ0n) is 14.5. The third-order valence-electron chi connectivity index (χ3n) is 3.83. The molecule has 0 bridgehead atoms. The summed E-state index contributed by atoms with van der Waals surface area (Å²) in [5, 5.41) is 17.3. The predicted octanol–water partition coefficient (Wildman–Crippen LogP) is 2.45. The summed E-state index contributed by atoms with van der Waals surface area (Å²) in [6.07, 6.45) is 3.67. The Hall–Kier alpha value is -2.07. The number of thioether (sulfide) groups is 1. The van der Waals surface area contributed by atoms with Crippen LogP contribution >= 0.6 is 23.1 Å². The quantitative estimate of drug-likeness (QED) is 0.659. The maximum Gasteiger partial charge on any atom is 0.253 e. The third kappa shape index (κ3) is 3.79. The molecule has 0 aliphatic heterocycles. The van der Waals surface area contributed by atoms with Crippen LogP contribution in [-0.4, -0.2) is 41.9 Å². The molecule has 0 unspecified atom stereocenters. The fourth-order valence-corrected chi connectivity index (χ4v) is 3.54. The number of carbonyl (C=O) groups is 1. The minimum Gasteiger partial charge on any atom is -0.301 e. The van der Waals surface area contributed by atoms with Crippen molar-refractivity contribution >= 4 is 39.9 Å². The Morgan fingerprint density at radius 2 is 2.08 bits per heavy atom. The first kappa shape index (κ1) is 17.7. The minimum atomic E-state index is -0.0823. The van der Waals surface area contributed by atoms with E-state index in [4.69, 9.17) is 0 Å². The van der Waals surface area contributed by atoms with Crippen LogP contribution in [0.4, 0.5) is 5.13 Å². The van der Waals surface area contributed by atoms with Crippen LogP contribution in [-0.2, 0) is 17.6 Å². The van der Waals surface area contributed by atoms with Crippen molar-refractivity contribution in [1.29, 1.82) is 0 Å². The number of aromatic nitrogens is 6. The van der Waals surface area contributed by atoms with Crippen molar-refractivity contribution in [3.63, 3.8) is 0 Å². The van der Waals surface area contributed by atoms with Crippen LogP contribution in [0.3, 0.4) is 0 Å². The van der Waals surface area contributed by atoms with Gasteiger partial charge in [-0.15, -0.1) is 15.3 Å². The molecule has 0 spiro atoms. The fraction of sp³-hybridized carbons (Fsp3) is 0.467. The van der Waals surface area contributed by atoms with Crippen LogP contribution in [0.5, 0.6) is 0 Å². The number of rotatable bonds is 6. The van der Waals surface area contributed by atoms with Gasteiger partial charge in [-0.05, 0) is 38.5 Å². The van der Waals surface area contributed by atoms with E-state index in [0.717, 1.165) is 28.4 Å². The van der Waals surface area contributed by atoms with Crippen molar-refractivity contribution in [2.45, 2.75) is 45.2 Å². The van der Waals surface area contributed by atoms with Gasteiger partial charge in [0.15, 0.2) is 0 Å². The Kier molecular flexibility index (Phi) is 5.28. The average molecular weight is 377 g/mol. The number of nitrogens with one attached hydrogen (secondary N) is 1. The number of fused-ring (bicyclic) bond motifs is 1. The molecule has 3 rings (SSSR count). The Bertz CT molecular complexity index is 918. The highest BCUT2D eigenvalue weighted by Gasteiger charge is 2.15. The third-order valence-corrected chi connectivity index (χ3v) is 5.35. The van der Waals surface area contributed by atoms with Gasteiger partial charge in [-0.3, -0.25) is 4.79 Å². The Morgan fingerprint density at radius 3 is 2.76 bits per heavy atom. The molecule has 0 radical (unpaired) electrons. The average Bonchev–Trinajstić information content (AvgIpc) is 3.21. The largest absolute Gasteiger partial charge is 0.301 e. The van der Waals surface area contributed by atoms with Gasteiger partial charge in [0.2, 0.25) is 16.2 Å². The fourth-order valence-electron chi connectivity index (χ4n) is 2.51. The molecule has 132 valence electrons. The Morgan fingerprint density at radius 1 is 1.28 bits per heavy atom. The van der Waals surface area contributed by atoms with Crippen LogP contribution in [0.2, 0.25) is 0 Å². The van der Waals surface area contributed by atoms with E-state index in [1.807, 2.05) is 27.0 Å². The molecule has 1 amide bonds. The highest BCUT2D eigenvalue weighted by Crippen LogP contribution is 2.19. The maximum absolute atomic E-state index is 12.2. The van der Waals surface area contributed by atoms with Crippen LogP contribution in [0, 0.1) is 13.8 Å². The van der Waals surface area contributed by atoms with Crippen molar-refractivity contribution in [1.82, 2.24) is 29.8 Å². The van der Waals surface area contributed by atoms with Gasteiger partial charge in [0.25, 0.3) is 5.78 Å². The summed E-state index contributed by atoms with van der Waals surface area (Å²) in [4.78, 5) is 21.1. The van der Waals surface area contributed by atoms with Crippen LogP contribution in [0.25, 0.3) is 5.78 Å². The van der Waals surface area contributed by atoms with Crippen molar-refractivity contribution in [3.8, 4) is 0 Å². The van der Waals surface area contributed by atoms with E-state index in [1.54, 1.807) is 4.52 Å². The molecule has 0 atom stereocenters. The maximum atomic E-state index is 12.2. The number of hydrogen-bond acceptors (Lipinski definition) is 8. The van der Waals surface area contributed by atoms with E-state index in [0.29, 0.717) is 28.9 Å². The first-order valence-electron chi connectivity index (χ1n) is 7.90. The van der Waals surface area contributed by atoms with Gasteiger partial charge in [-0.25, -0.2) is 9.50 Å². The topological polar surface area (TPSA) is 98.0 Å². The molecule has 3 heterocycles. The first-order valence-corrected chi connectivity index (χ1v) is 9.95. The van der Waals surface area contributed by atoms with Crippen molar-refractivity contribution < 1.29 is 4.79 Å². The van der Waals surface area contributed by atoms with E-state index in [2.05, 4.69) is 30.6 Å². The first-order chi connectivity index (χ1) is 12.0. The standard InChI is InChI=1S/C15H19N7OS2/c1-5-12-19-20-14(25-12)17-11(23)7-6-10-8(2)16-13-18-15(24-4)21-22(13)9(10)3/h5-7H2,1-4H3,(H,17,20,23). The second-order valence-corrected chi connectivity index (χ2v) is 7.31. The van der Waals surface area contributed by atoms with Crippen LogP contribution in [0.15, 0.2) is 5.16 Å². The molecule has 0 saturated heterocycles. The summed E-state index contributed by atoms with van der Waals surface area (Å²) in [5.41, 5.74) is 2.86. The molecule has 0 aromatic carbocycles. The van der Waals surface area contributed by atoms with Gasteiger partial charge in [-0.2, -0.15) is 4.98 Å². The normalized spacial score (nSPS) is 11.2. The van der Waals surface area contributed by atoms with Crippen LogP contribution in [0.1, 0.15) is 35.3 Å². The van der Waals surface area contributed by atoms with Crippen molar-refractivity contribution in [2.24, 2.45) is 0 Å². The Labute approximate surface area is 153 Å². The molecule has 0 saturated carbocycles. The van der Waals surface area contributed by atoms with Gasteiger partial charge in [0.1, 0.15) is 5.01 Å². The van der Waals surface area contributed by atoms with Gasteiger partial charge < -0.3 is 5.32 Å². The van der Waals surface area contributed by atoms with Gasteiger partial charge in [0, 0.05) is 17.8 Å². The predicted molar refractivity (Wildman–Crippen MR) is 98.3 cm³/mol. The number of hydrogen-bond donors (Lipinski definition) is 1. The molecule has 3 aromatic rings. The number of anilines is 1. The summed E-state index contributed by atoms with van der Waals surface area (Å²) < 4.78 is 1.74. The lowest BCUT2D eigenvalue weighted by Crippen LogP contribution is -2.14. The lowest BCUT2D eigenvalue weighted by atomic mass is 10.1. The Balaban J connectivity index is 1.72. The SMILES string of the molecule is CCc1nnc(NC(=O)CCc2c(C)nc3nc(SC)nn3c2C)s1. The lowest BCUT2D eigenvalue weighted by Gasteiger charge is -2.09. The van der Waals surface area contributed by atoms with Crippen molar-refractivity contribution in [2.75, 3.05) is 11.6 Å². The molecule has 3 aromatic heterocycles. The van der Waals surface area contributed by atoms with Gasteiger partial charge in [-0.1, -0.05) is 30.0 Å². The van der Waals surface area contributed by atoms with E-state index >= 15 is 0 Å².